The molecule has 0 atom stereocenters. The molecule has 0 saturated heterocycles. The molecular weight excluding hydrogens is 292 g/mol. The van der Waals surface area contributed by atoms with Gasteiger partial charge in [0.05, 0.1) is 11.0 Å². The molecule has 5 nitrogen and oxygen atoms in total. The second-order valence-electron chi connectivity index (χ2n) is 4.43. The molecule has 0 bridgehead atoms. The highest BCUT2D eigenvalue weighted by molar-refractivity contribution is 8.13. The number of carbonyl (C=O) groups is 1. The van der Waals surface area contributed by atoms with Crippen molar-refractivity contribution in [2.75, 3.05) is 0 Å². The Hall–Kier alpha value is -1.27. The first-order valence-corrected chi connectivity index (χ1v) is 8.17. The maximum absolute atomic E-state index is 11.2. The van der Waals surface area contributed by atoms with Crippen molar-refractivity contribution in [3.63, 3.8) is 0 Å². The summed E-state index contributed by atoms with van der Waals surface area (Å²) in [6.45, 7) is 0. The first-order valence-electron chi connectivity index (χ1n) is 5.86. The molecule has 104 valence electrons. The molecule has 0 heterocycles. The Morgan fingerprint density at radius 1 is 1.32 bits per heavy atom. The van der Waals surface area contributed by atoms with E-state index in [1.54, 1.807) is 0 Å². The van der Waals surface area contributed by atoms with Crippen LogP contribution in [0.5, 0.6) is 5.75 Å². The summed E-state index contributed by atoms with van der Waals surface area (Å²) in [4.78, 5) is 10.9. The number of aromatic carboxylic acids is 1. The smallest absolute Gasteiger partial charge is 0.339 e. The molecule has 0 amide bonds. The molecule has 1 aromatic carbocycles. The lowest BCUT2D eigenvalue weighted by atomic mass is 10.2. The van der Waals surface area contributed by atoms with Gasteiger partial charge >= 0.3 is 5.97 Å². The first-order chi connectivity index (χ1) is 8.88. The van der Waals surface area contributed by atoms with Gasteiger partial charge in [0.25, 0.3) is 9.05 Å². The van der Waals surface area contributed by atoms with E-state index in [9.17, 15) is 13.2 Å². The second-order valence-corrected chi connectivity index (χ2v) is 6.99. The summed E-state index contributed by atoms with van der Waals surface area (Å²) in [5, 5.41) is 9.11. The van der Waals surface area contributed by atoms with Crippen LogP contribution in [0.25, 0.3) is 0 Å². The quantitative estimate of drug-likeness (QED) is 0.865. The predicted molar refractivity (Wildman–Crippen MR) is 69.3 cm³/mol. The molecule has 7 heteroatoms. The van der Waals surface area contributed by atoms with Gasteiger partial charge in [-0.3, -0.25) is 0 Å². The van der Waals surface area contributed by atoms with Gasteiger partial charge in [-0.05, 0) is 43.9 Å². The molecule has 0 aliphatic heterocycles. The van der Waals surface area contributed by atoms with Crippen LogP contribution in [0.1, 0.15) is 36.0 Å². The fourth-order valence-corrected chi connectivity index (χ4v) is 2.89. The van der Waals surface area contributed by atoms with E-state index in [1.165, 1.54) is 12.1 Å². The van der Waals surface area contributed by atoms with Gasteiger partial charge in [-0.2, -0.15) is 0 Å². The number of halogens is 1. The molecule has 1 fully saturated rings. The van der Waals surface area contributed by atoms with Crippen LogP contribution in [0.15, 0.2) is 23.1 Å². The van der Waals surface area contributed by atoms with Crippen molar-refractivity contribution >= 4 is 25.7 Å². The molecule has 0 spiro atoms. The third-order valence-corrected chi connectivity index (χ3v) is 4.41. The fourth-order valence-electron chi connectivity index (χ4n) is 2.12. The Kier molecular flexibility index (Phi) is 4.01. The molecule has 19 heavy (non-hydrogen) atoms. The summed E-state index contributed by atoms with van der Waals surface area (Å²) < 4.78 is 28.0. The van der Waals surface area contributed by atoms with Crippen LogP contribution >= 0.6 is 10.7 Å². The predicted octanol–water partition coefficient (Wildman–Crippen LogP) is 2.63. The van der Waals surface area contributed by atoms with Crippen LogP contribution in [-0.2, 0) is 9.05 Å². The Labute approximate surface area is 115 Å². The Bertz CT molecular complexity index is 590. The summed E-state index contributed by atoms with van der Waals surface area (Å²) in [5.41, 5.74) is -0.186. The van der Waals surface area contributed by atoms with Crippen molar-refractivity contribution in [2.45, 2.75) is 36.7 Å². The molecule has 2 rings (SSSR count). The van der Waals surface area contributed by atoms with Crippen LogP contribution in [0.3, 0.4) is 0 Å². The number of carboxylic acids is 1. The van der Waals surface area contributed by atoms with Crippen molar-refractivity contribution in [1.82, 2.24) is 0 Å². The van der Waals surface area contributed by atoms with Crippen LogP contribution < -0.4 is 4.74 Å². The van der Waals surface area contributed by atoms with E-state index in [4.69, 9.17) is 20.5 Å². The van der Waals surface area contributed by atoms with Crippen molar-refractivity contribution in [2.24, 2.45) is 0 Å². The average Bonchev–Trinajstić information content (AvgIpc) is 2.80. The minimum absolute atomic E-state index is 0.00319. The average molecular weight is 305 g/mol. The molecule has 1 aliphatic rings. The Balaban J connectivity index is 2.35. The molecular formula is C12H13ClO5S. The molecule has 1 aliphatic carbocycles. The lowest BCUT2D eigenvalue weighted by molar-refractivity contribution is 0.0689. The highest BCUT2D eigenvalue weighted by Gasteiger charge is 2.22. The van der Waals surface area contributed by atoms with Crippen LogP contribution in [0.4, 0.5) is 0 Å². The third-order valence-electron chi connectivity index (χ3n) is 3.06. The van der Waals surface area contributed by atoms with Gasteiger partial charge in [0.1, 0.15) is 11.3 Å². The maximum atomic E-state index is 11.2. The van der Waals surface area contributed by atoms with Crippen molar-refractivity contribution < 1.29 is 23.1 Å². The van der Waals surface area contributed by atoms with E-state index in [0.717, 1.165) is 31.7 Å². The minimum Gasteiger partial charge on any atom is -0.490 e. The number of benzene rings is 1. The van der Waals surface area contributed by atoms with Crippen molar-refractivity contribution in [3.8, 4) is 5.75 Å². The van der Waals surface area contributed by atoms with Gasteiger partial charge in [0.15, 0.2) is 0 Å². The van der Waals surface area contributed by atoms with Gasteiger partial charge in [-0.15, -0.1) is 0 Å². The molecule has 0 radical (unpaired) electrons. The standard InChI is InChI=1S/C12H13ClO5S/c13-19(16,17)9-5-6-11(10(7-9)12(14)15)18-8-3-1-2-4-8/h5-8H,1-4H2,(H,14,15). The number of carboxylic acid groups (broad SMARTS) is 1. The fraction of sp³-hybridized carbons (Fsp3) is 0.417. The molecule has 0 aromatic heterocycles. The monoisotopic (exact) mass is 304 g/mol. The van der Waals surface area contributed by atoms with Crippen LogP contribution in [-0.4, -0.2) is 25.6 Å². The van der Waals surface area contributed by atoms with Crippen LogP contribution in [0, 0.1) is 0 Å². The molecule has 1 aromatic rings. The third kappa shape index (κ3) is 3.39. The zero-order valence-corrected chi connectivity index (χ0v) is 11.6. The second kappa shape index (κ2) is 5.38. The number of rotatable bonds is 4. The lowest BCUT2D eigenvalue weighted by Crippen LogP contribution is -2.14. The summed E-state index contributed by atoms with van der Waals surface area (Å²) in [7, 11) is 1.25. The summed E-state index contributed by atoms with van der Waals surface area (Å²) in [6.07, 6.45) is 3.88. The minimum atomic E-state index is -3.95. The van der Waals surface area contributed by atoms with Gasteiger partial charge in [-0.1, -0.05) is 0 Å². The molecule has 1 N–H and O–H groups in total. The van der Waals surface area contributed by atoms with E-state index in [-0.39, 0.29) is 22.3 Å². The zero-order valence-electron chi connectivity index (χ0n) is 10.0. The highest BCUT2D eigenvalue weighted by atomic mass is 35.7. The van der Waals surface area contributed by atoms with E-state index in [0.29, 0.717) is 0 Å². The van der Waals surface area contributed by atoms with Crippen molar-refractivity contribution in [1.29, 1.82) is 0 Å². The number of hydrogen-bond acceptors (Lipinski definition) is 4. The Morgan fingerprint density at radius 3 is 2.47 bits per heavy atom. The first kappa shape index (κ1) is 14.1. The number of hydrogen-bond donors (Lipinski definition) is 1. The van der Waals surface area contributed by atoms with E-state index >= 15 is 0 Å². The van der Waals surface area contributed by atoms with Gasteiger partial charge in [0.2, 0.25) is 0 Å². The van der Waals surface area contributed by atoms with E-state index in [1.807, 2.05) is 0 Å². The van der Waals surface area contributed by atoms with E-state index in [2.05, 4.69) is 0 Å². The van der Waals surface area contributed by atoms with Gasteiger partial charge < -0.3 is 9.84 Å². The zero-order chi connectivity index (χ0) is 14.0. The highest BCUT2D eigenvalue weighted by Crippen LogP contribution is 2.29. The Morgan fingerprint density at radius 2 is 1.95 bits per heavy atom. The number of ether oxygens (including phenoxy) is 1. The maximum Gasteiger partial charge on any atom is 0.339 e. The van der Waals surface area contributed by atoms with Gasteiger partial charge in [0, 0.05) is 10.7 Å². The van der Waals surface area contributed by atoms with Crippen molar-refractivity contribution in [3.05, 3.63) is 23.8 Å². The summed E-state index contributed by atoms with van der Waals surface area (Å²) >= 11 is 0. The van der Waals surface area contributed by atoms with Gasteiger partial charge in [-0.25, -0.2) is 13.2 Å². The summed E-state index contributed by atoms with van der Waals surface area (Å²) in [5.74, 6) is -1.06. The topological polar surface area (TPSA) is 80.7 Å². The summed E-state index contributed by atoms with van der Waals surface area (Å²) in [6, 6.07) is 3.62. The lowest BCUT2D eigenvalue weighted by Gasteiger charge is -2.15. The normalized spacial score (nSPS) is 16.5. The molecule has 0 unspecified atom stereocenters. The van der Waals surface area contributed by atoms with Crippen LogP contribution in [0.2, 0.25) is 0 Å². The SMILES string of the molecule is O=C(O)c1cc(S(=O)(=O)Cl)ccc1OC1CCCC1. The van der Waals surface area contributed by atoms with E-state index < -0.39 is 15.0 Å². The largest absolute Gasteiger partial charge is 0.490 e. The molecule has 1 saturated carbocycles.